The van der Waals surface area contributed by atoms with E-state index in [9.17, 15) is 0 Å². The first-order valence-electron chi connectivity index (χ1n) is 7.10. The first-order valence-corrected chi connectivity index (χ1v) is 8.71. The molecule has 0 saturated carbocycles. The van der Waals surface area contributed by atoms with Crippen LogP contribution in [0.2, 0.25) is 0 Å². The van der Waals surface area contributed by atoms with Crippen molar-refractivity contribution in [1.82, 2.24) is 10.3 Å². The van der Waals surface area contributed by atoms with Crippen LogP contribution in [0.4, 0.5) is 0 Å². The van der Waals surface area contributed by atoms with Crippen LogP contribution < -0.4 is 5.32 Å². The zero-order valence-electron chi connectivity index (χ0n) is 11.8. The number of likely N-dealkylation sites (N-methyl/N-ethyl adjacent to an activating group) is 1. The second-order valence-electron chi connectivity index (χ2n) is 4.93. The van der Waals surface area contributed by atoms with Gasteiger partial charge in [0.25, 0.3) is 0 Å². The van der Waals surface area contributed by atoms with Crippen LogP contribution in [0.3, 0.4) is 0 Å². The van der Waals surface area contributed by atoms with Crippen molar-refractivity contribution in [3.8, 4) is 0 Å². The van der Waals surface area contributed by atoms with Gasteiger partial charge in [-0.1, -0.05) is 53.2 Å². The molecule has 1 atom stereocenters. The normalized spacial score (nSPS) is 12.7. The minimum Gasteiger partial charge on any atom is -0.308 e. The van der Waals surface area contributed by atoms with Gasteiger partial charge in [0.15, 0.2) is 0 Å². The largest absolute Gasteiger partial charge is 0.308 e. The van der Waals surface area contributed by atoms with Crippen LogP contribution in [0.15, 0.2) is 53.0 Å². The van der Waals surface area contributed by atoms with E-state index in [0.29, 0.717) is 0 Å². The molecule has 0 radical (unpaired) electrons. The number of rotatable bonds is 5. The molecule has 0 bridgehead atoms. The van der Waals surface area contributed by atoms with Crippen LogP contribution in [0.5, 0.6) is 0 Å². The van der Waals surface area contributed by atoms with Crippen LogP contribution in [0.1, 0.15) is 23.5 Å². The van der Waals surface area contributed by atoms with Crippen molar-refractivity contribution in [3.63, 3.8) is 0 Å². The Kier molecular flexibility index (Phi) is 4.68. The molecule has 3 rings (SSSR count). The molecule has 3 aromatic rings. The van der Waals surface area contributed by atoms with Crippen molar-refractivity contribution in [3.05, 3.63) is 63.6 Å². The fraction of sp³-hybridized carbons (Fsp3) is 0.235. The van der Waals surface area contributed by atoms with Crippen molar-refractivity contribution in [2.24, 2.45) is 0 Å². The van der Waals surface area contributed by atoms with Gasteiger partial charge in [-0.3, -0.25) is 0 Å². The van der Waals surface area contributed by atoms with E-state index in [1.807, 2.05) is 12.1 Å². The summed E-state index contributed by atoms with van der Waals surface area (Å²) in [6.45, 7) is 3.07. The highest BCUT2D eigenvalue weighted by molar-refractivity contribution is 9.10. The Morgan fingerprint density at radius 3 is 2.67 bits per heavy atom. The number of benzene rings is 2. The molecule has 2 nitrogen and oxygen atoms in total. The summed E-state index contributed by atoms with van der Waals surface area (Å²) < 4.78 is 2.41. The average Bonchev–Trinajstić information content (AvgIpc) is 2.93. The lowest BCUT2D eigenvalue weighted by atomic mass is 10.1. The molecule has 2 aromatic carbocycles. The molecule has 0 spiro atoms. The first kappa shape index (κ1) is 14.7. The zero-order valence-corrected chi connectivity index (χ0v) is 14.2. The van der Waals surface area contributed by atoms with Crippen LogP contribution in [0, 0.1) is 0 Å². The Morgan fingerprint density at radius 2 is 1.90 bits per heavy atom. The van der Waals surface area contributed by atoms with Crippen LogP contribution in [0.25, 0.3) is 10.2 Å². The number of nitrogens with one attached hydrogen (secondary N) is 1. The van der Waals surface area contributed by atoms with Gasteiger partial charge in [0, 0.05) is 4.47 Å². The Labute approximate surface area is 137 Å². The summed E-state index contributed by atoms with van der Waals surface area (Å²) >= 11 is 5.42. The van der Waals surface area contributed by atoms with Crippen LogP contribution in [-0.4, -0.2) is 11.5 Å². The Hall–Kier alpha value is -1.23. The monoisotopic (exact) mass is 360 g/mol. The van der Waals surface area contributed by atoms with E-state index in [1.54, 1.807) is 11.3 Å². The molecule has 0 aliphatic rings. The van der Waals surface area contributed by atoms with Gasteiger partial charge >= 0.3 is 0 Å². The lowest BCUT2D eigenvalue weighted by Gasteiger charge is -2.16. The number of hydrogen-bond acceptors (Lipinski definition) is 3. The van der Waals surface area contributed by atoms with Gasteiger partial charge in [0.05, 0.1) is 16.3 Å². The third kappa shape index (κ3) is 3.34. The van der Waals surface area contributed by atoms with Crippen molar-refractivity contribution in [2.45, 2.75) is 19.4 Å². The van der Waals surface area contributed by atoms with Gasteiger partial charge < -0.3 is 5.32 Å². The van der Waals surface area contributed by atoms with Crippen molar-refractivity contribution in [2.75, 3.05) is 6.54 Å². The number of fused-ring (bicyclic) bond motifs is 1. The van der Waals surface area contributed by atoms with Gasteiger partial charge in [-0.05, 0) is 36.7 Å². The SMILES string of the molecule is CCNC(Cc1ccccc1Br)c1nc2ccccc2s1. The molecule has 1 unspecified atom stereocenters. The molecule has 0 saturated heterocycles. The third-order valence-electron chi connectivity index (χ3n) is 3.44. The molecule has 108 valence electrons. The van der Waals surface area contributed by atoms with E-state index in [2.05, 4.69) is 64.6 Å². The minimum atomic E-state index is 0.256. The Balaban J connectivity index is 1.92. The molecular weight excluding hydrogens is 344 g/mol. The Morgan fingerprint density at radius 1 is 1.14 bits per heavy atom. The highest BCUT2D eigenvalue weighted by atomic mass is 79.9. The molecule has 21 heavy (non-hydrogen) atoms. The minimum absolute atomic E-state index is 0.256. The smallest absolute Gasteiger partial charge is 0.111 e. The molecule has 0 aliphatic heterocycles. The van der Waals surface area contributed by atoms with E-state index < -0.39 is 0 Å². The standard InChI is InChI=1S/C17H17BrN2S/c1-2-19-15(11-12-7-3-4-8-13(12)18)17-20-14-9-5-6-10-16(14)21-17/h3-10,15,19H,2,11H2,1H3. The summed E-state index contributed by atoms with van der Waals surface area (Å²) in [5, 5.41) is 4.72. The number of hydrogen-bond donors (Lipinski definition) is 1. The summed E-state index contributed by atoms with van der Waals surface area (Å²) in [4.78, 5) is 4.80. The molecule has 1 aromatic heterocycles. The lowest BCUT2D eigenvalue weighted by molar-refractivity contribution is 0.547. The van der Waals surface area contributed by atoms with E-state index in [-0.39, 0.29) is 6.04 Å². The summed E-state index contributed by atoms with van der Waals surface area (Å²) in [5.74, 6) is 0. The molecule has 0 fully saturated rings. The highest BCUT2D eigenvalue weighted by Crippen LogP contribution is 2.29. The quantitative estimate of drug-likeness (QED) is 0.695. The van der Waals surface area contributed by atoms with Gasteiger partial charge in [0.2, 0.25) is 0 Å². The van der Waals surface area contributed by atoms with Gasteiger partial charge in [0.1, 0.15) is 5.01 Å². The molecule has 4 heteroatoms. The third-order valence-corrected chi connectivity index (χ3v) is 5.36. The maximum Gasteiger partial charge on any atom is 0.111 e. The van der Waals surface area contributed by atoms with Gasteiger partial charge in [-0.15, -0.1) is 11.3 Å². The van der Waals surface area contributed by atoms with Gasteiger partial charge in [-0.2, -0.15) is 0 Å². The van der Waals surface area contributed by atoms with Crippen molar-refractivity contribution < 1.29 is 0 Å². The van der Waals surface area contributed by atoms with E-state index >= 15 is 0 Å². The first-order chi connectivity index (χ1) is 10.3. The summed E-state index contributed by atoms with van der Waals surface area (Å²) in [7, 11) is 0. The predicted octanol–water partition coefficient (Wildman–Crippen LogP) is 4.95. The summed E-state index contributed by atoms with van der Waals surface area (Å²) in [6, 6.07) is 17.0. The molecule has 0 amide bonds. The van der Waals surface area contributed by atoms with Crippen molar-refractivity contribution in [1.29, 1.82) is 0 Å². The molecule has 1 N–H and O–H groups in total. The number of nitrogens with zero attached hydrogens (tertiary/aromatic N) is 1. The van der Waals surface area contributed by atoms with Crippen molar-refractivity contribution >= 4 is 37.5 Å². The maximum absolute atomic E-state index is 4.80. The molecule has 0 aliphatic carbocycles. The predicted molar refractivity (Wildman–Crippen MR) is 93.9 cm³/mol. The topological polar surface area (TPSA) is 24.9 Å². The Bertz CT molecular complexity index is 705. The fourth-order valence-electron chi connectivity index (χ4n) is 2.42. The molecular formula is C17H17BrN2S. The second kappa shape index (κ2) is 6.69. The number of halogens is 1. The summed E-state index contributed by atoms with van der Waals surface area (Å²) in [6.07, 6.45) is 0.940. The van der Waals surface area contributed by atoms with Gasteiger partial charge in [-0.25, -0.2) is 4.98 Å². The number of para-hydroxylation sites is 1. The fourth-order valence-corrected chi connectivity index (χ4v) is 3.91. The molecule has 1 heterocycles. The lowest BCUT2D eigenvalue weighted by Crippen LogP contribution is -2.22. The van der Waals surface area contributed by atoms with Crippen LogP contribution in [-0.2, 0) is 6.42 Å². The van der Waals surface area contributed by atoms with Crippen LogP contribution >= 0.6 is 27.3 Å². The average molecular weight is 361 g/mol. The summed E-state index contributed by atoms with van der Waals surface area (Å²) in [5.41, 5.74) is 2.40. The number of aromatic nitrogens is 1. The van der Waals surface area contributed by atoms with E-state index in [1.165, 1.54) is 10.3 Å². The zero-order chi connectivity index (χ0) is 14.7. The van der Waals surface area contributed by atoms with E-state index in [4.69, 9.17) is 4.98 Å². The second-order valence-corrected chi connectivity index (χ2v) is 6.84. The number of thiazole rings is 1. The van der Waals surface area contributed by atoms with E-state index in [0.717, 1.165) is 28.0 Å². The maximum atomic E-state index is 4.80. The highest BCUT2D eigenvalue weighted by Gasteiger charge is 2.17.